The van der Waals surface area contributed by atoms with Gasteiger partial charge in [0.1, 0.15) is 5.56 Å². The summed E-state index contributed by atoms with van der Waals surface area (Å²) in [6, 6.07) is 12.6. The molecular weight excluding hydrogens is 346 g/mol. The summed E-state index contributed by atoms with van der Waals surface area (Å²) in [4.78, 5) is 24.8. The Hall–Kier alpha value is -3.09. The minimum absolute atomic E-state index is 0.0585. The summed E-state index contributed by atoms with van der Waals surface area (Å²) in [7, 11) is 1.21. The van der Waals surface area contributed by atoms with E-state index in [9.17, 15) is 14.9 Å². The number of carbonyl (C=O) groups excluding carboxylic acids is 1. The Balaban J connectivity index is 1.79. The quantitative estimate of drug-likeness (QED) is 0.471. The van der Waals surface area contributed by atoms with Gasteiger partial charge in [0.25, 0.3) is 5.69 Å². The lowest BCUT2D eigenvalue weighted by Gasteiger charge is -2.30. The normalized spacial score (nSPS) is 13.9. The molecule has 0 aromatic heterocycles. The number of piperidine rings is 1. The van der Waals surface area contributed by atoms with Crippen molar-refractivity contribution in [2.45, 2.75) is 25.8 Å². The maximum Gasteiger partial charge on any atom is 0.344 e. The van der Waals surface area contributed by atoms with Gasteiger partial charge in [0.05, 0.1) is 12.0 Å². The molecule has 1 heterocycles. The van der Waals surface area contributed by atoms with E-state index in [0.717, 1.165) is 18.7 Å². The zero-order valence-corrected chi connectivity index (χ0v) is 15.3. The first-order chi connectivity index (χ1) is 13.1. The number of carbonyl (C=O) groups is 1. The maximum absolute atomic E-state index is 11.9. The van der Waals surface area contributed by atoms with Crippen molar-refractivity contribution in [2.24, 2.45) is 0 Å². The number of benzene rings is 2. The van der Waals surface area contributed by atoms with E-state index in [1.165, 1.54) is 44.2 Å². The summed E-state index contributed by atoms with van der Waals surface area (Å²) in [6.07, 6.45) is 3.68. The van der Waals surface area contributed by atoms with E-state index in [-0.39, 0.29) is 11.3 Å². The van der Waals surface area contributed by atoms with Gasteiger partial charge >= 0.3 is 5.97 Å². The van der Waals surface area contributed by atoms with E-state index in [4.69, 9.17) is 0 Å². The molecule has 1 fully saturated rings. The number of rotatable bonds is 6. The van der Waals surface area contributed by atoms with Crippen LogP contribution >= 0.6 is 0 Å². The monoisotopic (exact) mass is 369 g/mol. The predicted molar refractivity (Wildman–Crippen MR) is 104 cm³/mol. The van der Waals surface area contributed by atoms with Crippen LogP contribution in [0.15, 0.2) is 42.5 Å². The van der Waals surface area contributed by atoms with Crippen molar-refractivity contribution in [2.75, 3.05) is 30.4 Å². The lowest BCUT2D eigenvalue weighted by atomic mass is 10.1. The highest BCUT2D eigenvalue weighted by molar-refractivity contribution is 5.95. The van der Waals surface area contributed by atoms with Crippen molar-refractivity contribution in [3.63, 3.8) is 0 Å². The second-order valence-electron chi connectivity index (χ2n) is 6.51. The van der Waals surface area contributed by atoms with Crippen molar-refractivity contribution in [3.05, 3.63) is 63.7 Å². The van der Waals surface area contributed by atoms with E-state index in [2.05, 4.69) is 27.1 Å². The van der Waals surface area contributed by atoms with E-state index in [0.29, 0.717) is 12.2 Å². The van der Waals surface area contributed by atoms with Gasteiger partial charge < -0.3 is 15.0 Å². The number of esters is 1. The Kier molecular flexibility index (Phi) is 5.90. The number of nitrogens with one attached hydrogen (secondary N) is 1. The SMILES string of the molecule is COC(=O)c1cc(NCc2ccccc2N2CCCCC2)ccc1[N+](=O)[O-]. The fourth-order valence-corrected chi connectivity index (χ4v) is 3.38. The highest BCUT2D eigenvalue weighted by atomic mass is 16.6. The lowest BCUT2D eigenvalue weighted by molar-refractivity contribution is -0.385. The van der Waals surface area contributed by atoms with Crippen LogP contribution in [0.5, 0.6) is 0 Å². The van der Waals surface area contributed by atoms with Gasteiger partial charge in [-0.3, -0.25) is 10.1 Å². The number of hydrogen-bond donors (Lipinski definition) is 1. The Labute approximate surface area is 158 Å². The summed E-state index contributed by atoms with van der Waals surface area (Å²) in [6.45, 7) is 2.67. The summed E-state index contributed by atoms with van der Waals surface area (Å²) in [5.74, 6) is -0.723. The molecule has 1 aliphatic heterocycles. The molecule has 2 aromatic rings. The molecule has 142 valence electrons. The molecule has 3 rings (SSSR count). The van der Waals surface area contributed by atoms with Crippen LogP contribution < -0.4 is 10.2 Å². The molecule has 1 aliphatic rings. The molecule has 7 nitrogen and oxygen atoms in total. The number of methoxy groups -OCH3 is 1. The summed E-state index contributed by atoms with van der Waals surface area (Å²) in [5, 5.41) is 14.4. The third-order valence-corrected chi connectivity index (χ3v) is 4.77. The van der Waals surface area contributed by atoms with Crippen LogP contribution in [0.25, 0.3) is 0 Å². The van der Waals surface area contributed by atoms with Crippen LogP contribution in [0.4, 0.5) is 17.1 Å². The highest BCUT2D eigenvalue weighted by Crippen LogP contribution is 2.27. The van der Waals surface area contributed by atoms with Crippen LogP contribution in [0.2, 0.25) is 0 Å². The Bertz CT molecular complexity index is 832. The van der Waals surface area contributed by atoms with Crippen LogP contribution in [0, 0.1) is 10.1 Å². The molecule has 0 amide bonds. The van der Waals surface area contributed by atoms with Crippen molar-refractivity contribution in [3.8, 4) is 0 Å². The van der Waals surface area contributed by atoms with Crippen molar-refractivity contribution < 1.29 is 14.5 Å². The number of anilines is 2. The molecule has 0 unspecified atom stereocenters. The van der Waals surface area contributed by atoms with Crippen molar-refractivity contribution >= 4 is 23.0 Å². The van der Waals surface area contributed by atoms with Gasteiger partial charge in [-0.2, -0.15) is 0 Å². The first-order valence-electron chi connectivity index (χ1n) is 9.03. The summed E-state index contributed by atoms with van der Waals surface area (Å²) < 4.78 is 4.67. The molecule has 0 spiro atoms. The van der Waals surface area contributed by atoms with Crippen molar-refractivity contribution in [1.82, 2.24) is 0 Å². The first kappa shape index (κ1) is 18.7. The van der Waals surface area contributed by atoms with Gasteiger partial charge in [-0.25, -0.2) is 4.79 Å². The second kappa shape index (κ2) is 8.53. The zero-order valence-electron chi connectivity index (χ0n) is 15.3. The summed E-state index contributed by atoms with van der Waals surface area (Å²) >= 11 is 0. The van der Waals surface area contributed by atoms with E-state index in [1.807, 2.05) is 12.1 Å². The van der Waals surface area contributed by atoms with Gasteiger partial charge in [-0.15, -0.1) is 0 Å². The average molecular weight is 369 g/mol. The topological polar surface area (TPSA) is 84.7 Å². The second-order valence-corrected chi connectivity index (χ2v) is 6.51. The molecule has 0 saturated carbocycles. The van der Waals surface area contributed by atoms with Gasteiger partial charge in [-0.1, -0.05) is 18.2 Å². The largest absolute Gasteiger partial charge is 0.465 e. The lowest BCUT2D eigenvalue weighted by Crippen LogP contribution is -2.30. The first-order valence-corrected chi connectivity index (χ1v) is 9.03. The molecule has 27 heavy (non-hydrogen) atoms. The number of nitrogens with zero attached hydrogens (tertiary/aromatic N) is 2. The third kappa shape index (κ3) is 4.36. The molecule has 2 aromatic carbocycles. The molecule has 0 aliphatic carbocycles. The fourth-order valence-electron chi connectivity index (χ4n) is 3.38. The molecule has 0 atom stereocenters. The van der Waals surface area contributed by atoms with Gasteiger partial charge in [0, 0.05) is 37.1 Å². The average Bonchev–Trinajstić information content (AvgIpc) is 2.72. The Morgan fingerprint density at radius 1 is 1.19 bits per heavy atom. The number of nitro groups is 1. The zero-order chi connectivity index (χ0) is 19.2. The molecular formula is C20H23N3O4. The van der Waals surface area contributed by atoms with Crippen LogP contribution in [-0.4, -0.2) is 31.1 Å². The molecule has 0 radical (unpaired) electrons. The van der Waals surface area contributed by atoms with E-state index >= 15 is 0 Å². The van der Waals surface area contributed by atoms with Crippen LogP contribution in [0.3, 0.4) is 0 Å². The van der Waals surface area contributed by atoms with Crippen LogP contribution in [-0.2, 0) is 11.3 Å². The Morgan fingerprint density at radius 3 is 2.63 bits per heavy atom. The van der Waals surface area contributed by atoms with Gasteiger partial charge in [-0.05, 0) is 43.0 Å². The minimum atomic E-state index is -0.723. The highest BCUT2D eigenvalue weighted by Gasteiger charge is 2.21. The van der Waals surface area contributed by atoms with Gasteiger partial charge in [0.2, 0.25) is 0 Å². The third-order valence-electron chi connectivity index (χ3n) is 4.77. The van der Waals surface area contributed by atoms with E-state index in [1.54, 1.807) is 6.07 Å². The maximum atomic E-state index is 11.9. The molecule has 1 N–H and O–H groups in total. The predicted octanol–water partition coefficient (Wildman–Crippen LogP) is 3.98. The molecule has 7 heteroatoms. The smallest absolute Gasteiger partial charge is 0.344 e. The number of hydrogen-bond acceptors (Lipinski definition) is 6. The summed E-state index contributed by atoms with van der Waals surface area (Å²) in [5.41, 5.74) is 2.67. The number of ether oxygens (including phenoxy) is 1. The van der Waals surface area contributed by atoms with Gasteiger partial charge in [0.15, 0.2) is 0 Å². The number of nitro benzene ring substituents is 1. The fraction of sp³-hybridized carbons (Fsp3) is 0.350. The molecule has 0 bridgehead atoms. The minimum Gasteiger partial charge on any atom is -0.465 e. The number of para-hydroxylation sites is 1. The van der Waals surface area contributed by atoms with E-state index < -0.39 is 10.9 Å². The molecule has 1 saturated heterocycles. The van der Waals surface area contributed by atoms with Crippen LogP contribution in [0.1, 0.15) is 35.2 Å². The standard InChI is InChI=1S/C20H23N3O4/c1-27-20(24)17-13-16(9-10-19(17)23(25)26)21-14-15-7-3-4-8-18(15)22-11-5-2-6-12-22/h3-4,7-10,13,21H,2,5-6,11-12,14H2,1H3. The van der Waals surface area contributed by atoms with Crippen molar-refractivity contribution in [1.29, 1.82) is 0 Å². The Morgan fingerprint density at radius 2 is 1.93 bits per heavy atom.